The largest absolute Gasteiger partial charge is 0.496 e. The number of nitrogens with zero attached hydrogens (tertiary/aromatic N) is 4. The Kier molecular flexibility index (Phi) is 4.30. The maximum Gasteiger partial charge on any atom is 0.204 e. The van der Waals surface area contributed by atoms with E-state index in [0.717, 1.165) is 5.52 Å². The van der Waals surface area contributed by atoms with E-state index in [2.05, 4.69) is 21.3 Å². The van der Waals surface area contributed by atoms with Crippen LogP contribution in [0.25, 0.3) is 22.6 Å². The van der Waals surface area contributed by atoms with Gasteiger partial charge in [0.2, 0.25) is 5.69 Å². The second kappa shape index (κ2) is 6.72. The molecule has 122 valence electrons. The van der Waals surface area contributed by atoms with Gasteiger partial charge < -0.3 is 9.72 Å². The van der Waals surface area contributed by atoms with Crippen LogP contribution in [0.5, 0.6) is 5.75 Å². The Labute approximate surface area is 142 Å². The first-order valence-corrected chi connectivity index (χ1v) is 7.24. The Morgan fingerprint density at radius 3 is 3.04 bits per heavy atom. The van der Waals surface area contributed by atoms with Gasteiger partial charge in [-0.15, -0.1) is 0 Å². The molecule has 0 saturated carbocycles. The molecule has 0 saturated heterocycles. The van der Waals surface area contributed by atoms with Gasteiger partial charge in [-0.1, -0.05) is 0 Å². The lowest BCUT2D eigenvalue weighted by atomic mass is 10.0. The standard InChI is InChI=1S/C17H13N6O2/c1-25-17-4-5-20-9-12(17)6-11(8-18)15-10-21-16-3-2-13(7-14(15)16)23(24)22-19/h2-7,9-10,19,21H,1H3/q+1/b11-6+,22-19?. The predicted molar refractivity (Wildman–Crippen MR) is 91.0 cm³/mol. The minimum Gasteiger partial charge on any atom is -0.496 e. The molecule has 0 amide bonds. The summed E-state index contributed by atoms with van der Waals surface area (Å²) in [6.45, 7) is 0. The maximum absolute atomic E-state index is 11.6. The molecule has 8 nitrogen and oxygen atoms in total. The fraction of sp³-hybridized carbons (Fsp3) is 0.0588. The molecule has 2 aromatic heterocycles. The van der Waals surface area contributed by atoms with E-state index >= 15 is 0 Å². The third kappa shape index (κ3) is 2.98. The van der Waals surface area contributed by atoms with Gasteiger partial charge in [0.25, 0.3) is 0 Å². The lowest BCUT2D eigenvalue weighted by Gasteiger charge is -2.04. The predicted octanol–water partition coefficient (Wildman–Crippen LogP) is 3.99. The number of H-pyrrole nitrogens is 1. The summed E-state index contributed by atoms with van der Waals surface area (Å²) in [6, 6.07) is 8.70. The molecule has 0 aliphatic heterocycles. The monoisotopic (exact) mass is 333 g/mol. The molecule has 2 heterocycles. The summed E-state index contributed by atoms with van der Waals surface area (Å²) in [5.74, 6) is 0.599. The molecule has 1 aromatic carbocycles. The minimum absolute atomic E-state index is 0.204. The van der Waals surface area contributed by atoms with Crippen molar-refractivity contribution >= 4 is 28.2 Å². The highest BCUT2D eigenvalue weighted by Crippen LogP contribution is 2.30. The number of benzene rings is 1. The van der Waals surface area contributed by atoms with E-state index in [0.29, 0.717) is 27.8 Å². The van der Waals surface area contributed by atoms with Crippen molar-refractivity contribution in [3.63, 3.8) is 0 Å². The SMILES string of the molecule is COc1ccncc1/C=C(\C#N)c1c[nH]c2ccc([N+](=O)N=N)cc12. The van der Waals surface area contributed by atoms with Gasteiger partial charge in [-0.25, -0.2) is 0 Å². The minimum atomic E-state index is 0.204. The summed E-state index contributed by atoms with van der Waals surface area (Å²) < 4.78 is 5.28. The number of aromatic nitrogens is 2. The summed E-state index contributed by atoms with van der Waals surface area (Å²) >= 11 is 0. The fourth-order valence-electron chi connectivity index (χ4n) is 2.52. The van der Waals surface area contributed by atoms with Gasteiger partial charge in [0.15, 0.2) is 5.22 Å². The van der Waals surface area contributed by atoms with Crippen LogP contribution in [-0.2, 0) is 0 Å². The lowest BCUT2D eigenvalue weighted by Crippen LogP contribution is -1.90. The second-order valence-corrected chi connectivity index (χ2v) is 5.09. The van der Waals surface area contributed by atoms with E-state index in [9.17, 15) is 10.2 Å². The van der Waals surface area contributed by atoms with Crippen LogP contribution in [0.15, 0.2) is 48.1 Å². The van der Waals surface area contributed by atoms with Gasteiger partial charge in [-0.05, 0) is 29.2 Å². The van der Waals surface area contributed by atoms with Crippen molar-refractivity contribution in [2.24, 2.45) is 5.22 Å². The summed E-state index contributed by atoms with van der Waals surface area (Å²) in [5.41, 5.74) is 9.48. The van der Waals surface area contributed by atoms with Crippen LogP contribution in [0.4, 0.5) is 5.69 Å². The Balaban J connectivity index is 2.16. The third-order valence-electron chi connectivity index (χ3n) is 3.72. The molecule has 0 atom stereocenters. The third-order valence-corrected chi connectivity index (χ3v) is 3.72. The van der Waals surface area contributed by atoms with Crippen LogP contribution in [0.2, 0.25) is 0 Å². The molecule has 2 N–H and O–H groups in total. The number of pyridine rings is 1. The quantitative estimate of drug-likeness (QED) is 0.317. The molecule has 0 bridgehead atoms. The number of hydrogen-bond donors (Lipinski definition) is 2. The Morgan fingerprint density at radius 2 is 2.32 bits per heavy atom. The fourth-order valence-corrected chi connectivity index (χ4v) is 2.52. The lowest BCUT2D eigenvalue weighted by molar-refractivity contribution is -0.480. The Hall–Kier alpha value is -3.86. The number of methoxy groups -OCH3 is 1. The van der Waals surface area contributed by atoms with Crippen LogP contribution < -0.4 is 4.74 Å². The van der Waals surface area contributed by atoms with Gasteiger partial charge in [-0.3, -0.25) is 4.98 Å². The van der Waals surface area contributed by atoms with E-state index in [1.165, 1.54) is 0 Å². The van der Waals surface area contributed by atoms with Crippen LogP contribution in [-0.4, -0.2) is 21.9 Å². The van der Waals surface area contributed by atoms with E-state index in [1.807, 2.05) is 0 Å². The molecule has 0 aliphatic carbocycles. The normalized spacial score (nSPS) is 11.1. The molecule has 25 heavy (non-hydrogen) atoms. The van der Waals surface area contributed by atoms with Crippen LogP contribution >= 0.6 is 0 Å². The molecular formula is C17H13N6O2+. The maximum atomic E-state index is 11.6. The summed E-state index contributed by atoms with van der Waals surface area (Å²) in [4.78, 5) is 18.9. The van der Waals surface area contributed by atoms with Gasteiger partial charge in [0.05, 0.1) is 18.8 Å². The number of aromatic amines is 1. The number of allylic oxidation sites excluding steroid dienone is 1. The number of ether oxygens (including phenoxy) is 1. The van der Waals surface area contributed by atoms with Crippen LogP contribution in [0.1, 0.15) is 11.1 Å². The van der Waals surface area contributed by atoms with Crippen molar-refractivity contribution in [1.29, 1.82) is 10.8 Å². The number of nitroso groups, excluding NO2 is 1. The first-order chi connectivity index (χ1) is 12.2. The number of hydrogen-bond acceptors (Lipinski definition) is 5. The van der Waals surface area contributed by atoms with Gasteiger partial charge in [0.1, 0.15) is 10.6 Å². The summed E-state index contributed by atoms with van der Waals surface area (Å²) in [5, 5.41) is 13.1. The van der Waals surface area contributed by atoms with Crippen LogP contribution in [0.3, 0.4) is 0 Å². The van der Waals surface area contributed by atoms with Gasteiger partial charge in [-0.2, -0.15) is 5.26 Å². The van der Waals surface area contributed by atoms with Gasteiger partial charge >= 0.3 is 0 Å². The molecule has 0 spiro atoms. The topological polar surface area (TPSA) is 118 Å². The Bertz CT molecular complexity index is 1040. The van der Waals surface area contributed by atoms with Crippen molar-refractivity contribution < 1.29 is 9.61 Å². The molecule has 0 fully saturated rings. The van der Waals surface area contributed by atoms with E-state index in [4.69, 9.17) is 10.3 Å². The molecular weight excluding hydrogens is 320 g/mol. The van der Waals surface area contributed by atoms with Crippen LogP contribution in [0, 0.1) is 21.8 Å². The van der Waals surface area contributed by atoms with Crippen molar-refractivity contribution in [3.8, 4) is 11.8 Å². The summed E-state index contributed by atoms with van der Waals surface area (Å²) in [7, 11) is 1.55. The Morgan fingerprint density at radius 1 is 1.48 bits per heavy atom. The summed E-state index contributed by atoms with van der Waals surface area (Å²) in [6.07, 6.45) is 6.58. The molecule has 0 unspecified atom stereocenters. The van der Waals surface area contributed by atoms with E-state index in [-0.39, 0.29) is 10.6 Å². The van der Waals surface area contributed by atoms with Crippen molar-refractivity contribution in [1.82, 2.24) is 9.97 Å². The zero-order valence-corrected chi connectivity index (χ0v) is 13.2. The first kappa shape index (κ1) is 16.0. The van der Waals surface area contributed by atoms with E-state index in [1.54, 1.807) is 56.0 Å². The van der Waals surface area contributed by atoms with Crippen molar-refractivity contribution in [2.75, 3.05) is 7.11 Å². The average Bonchev–Trinajstić information content (AvgIpc) is 3.08. The van der Waals surface area contributed by atoms with E-state index < -0.39 is 0 Å². The zero-order valence-electron chi connectivity index (χ0n) is 13.2. The number of fused-ring (bicyclic) bond motifs is 1. The zero-order chi connectivity index (χ0) is 17.8. The average molecular weight is 333 g/mol. The smallest absolute Gasteiger partial charge is 0.204 e. The second-order valence-electron chi connectivity index (χ2n) is 5.09. The molecule has 0 aliphatic rings. The highest BCUT2D eigenvalue weighted by molar-refractivity contribution is 6.02. The van der Waals surface area contributed by atoms with Gasteiger partial charge in [0, 0.05) is 52.2 Å². The molecule has 8 heteroatoms. The molecule has 3 rings (SSSR count). The molecule has 3 aromatic rings. The van der Waals surface area contributed by atoms with Crippen molar-refractivity contribution in [2.45, 2.75) is 0 Å². The molecule has 0 radical (unpaired) electrons. The first-order valence-electron chi connectivity index (χ1n) is 7.24. The highest BCUT2D eigenvalue weighted by Gasteiger charge is 2.14. The number of rotatable bonds is 5. The number of nitriles is 1. The number of nitrogens with one attached hydrogen (secondary N) is 2. The van der Waals surface area contributed by atoms with Crippen molar-refractivity contribution in [3.05, 3.63) is 58.9 Å². The highest BCUT2D eigenvalue weighted by atomic mass is 16.5.